The lowest BCUT2D eigenvalue weighted by atomic mass is 10.0. The SMILES string of the molecule is CCC(CC)CN(CC)C(=O)/C=C/c1ccc(N)cc1. The molecule has 1 amide bonds. The number of carbonyl (C=O) groups is 1. The Morgan fingerprint density at radius 1 is 1.20 bits per heavy atom. The molecular weight excluding hydrogens is 248 g/mol. The fourth-order valence-electron chi connectivity index (χ4n) is 2.11. The van der Waals surface area contributed by atoms with Crippen LogP contribution >= 0.6 is 0 Å². The number of amides is 1. The van der Waals surface area contributed by atoms with Crippen molar-refractivity contribution < 1.29 is 4.79 Å². The number of benzene rings is 1. The summed E-state index contributed by atoms with van der Waals surface area (Å²) < 4.78 is 0. The van der Waals surface area contributed by atoms with Crippen LogP contribution in [0.25, 0.3) is 6.08 Å². The Hall–Kier alpha value is -1.77. The molecular formula is C17H26N2O. The Balaban J connectivity index is 2.64. The summed E-state index contributed by atoms with van der Waals surface area (Å²) in [5.41, 5.74) is 7.36. The van der Waals surface area contributed by atoms with Crippen LogP contribution in [-0.4, -0.2) is 23.9 Å². The van der Waals surface area contributed by atoms with Gasteiger partial charge in [-0.1, -0.05) is 38.8 Å². The number of nitrogens with two attached hydrogens (primary N) is 1. The molecule has 0 fully saturated rings. The van der Waals surface area contributed by atoms with Crippen molar-refractivity contribution >= 4 is 17.7 Å². The summed E-state index contributed by atoms with van der Waals surface area (Å²) >= 11 is 0. The van der Waals surface area contributed by atoms with E-state index in [-0.39, 0.29) is 5.91 Å². The van der Waals surface area contributed by atoms with E-state index in [4.69, 9.17) is 5.73 Å². The molecule has 0 saturated carbocycles. The highest BCUT2D eigenvalue weighted by Crippen LogP contribution is 2.11. The van der Waals surface area contributed by atoms with Gasteiger partial charge in [0.25, 0.3) is 0 Å². The second-order valence-electron chi connectivity index (χ2n) is 5.06. The lowest BCUT2D eigenvalue weighted by Gasteiger charge is -2.24. The summed E-state index contributed by atoms with van der Waals surface area (Å²) in [6.45, 7) is 7.97. The molecule has 3 nitrogen and oxygen atoms in total. The van der Waals surface area contributed by atoms with Gasteiger partial charge in [-0.05, 0) is 36.6 Å². The number of rotatable bonds is 7. The first-order valence-electron chi connectivity index (χ1n) is 7.43. The third kappa shape index (κ3) is 5.08. The van der Waals surface area contributed by atoms with E-state index < -0.39 is 0 Å². The van der Waals surface area contributed by atoms with E-state index in [0.717, 1.165) is 37.2 Å². The highest BCUT2D eigenvalue weighted by molar-refractivity contribution is 5.91. The molecule has 0 aliphatic heterocycles. The minimum atomic E-state index is 0.0798. The standard InChI is InChI=1S/C17H26N2O/c1-4-14(5-2)13-19(6-3)17(20)12-9-15-7-10-16(18)11-8-15/h7-12,14H,4-6,13,18H2,1-3H3/b12-9+. The van der Waals surface area contributed by atoms with Gasteiger partial charge in [-0.3, -0.25) is 4.79 Å². The van der Waals surface area contributed by atoms with Crippen molar-refractivity contribution in [3.05, 3.63) is 35.9 Å². The van der Waals surface area contributed by atoms with Crippen LogP contribution < -0.4 is 5.73 Å². The van der Waals surface area contributed by atoms with Gasteiger partial charge in [-0.15, -0.1) is 0 Å². The third-order valence-corrected chi connectivity index (χ3v) is 3.68. The maximum atomic E-state index is 12.2. The number of nitrogen functional groups attached to an aromatic ring is 1. The van der Waals surface area contributed by atoms with Crippen LogP contribution in [0.2, 0.25) is 0 Å². The molecule has 0 bridgehead atoms. The Morgan fingerprint density at radius 2 is 1.80 bits per heavy atom. The number of carbonyl (C=O) groups excluding carboxylic acids is 1. The first kappa shape index (κ1) is 16.3. The number of nitrogens with zero attached hydrogens (tertiary/aromatic N) is 1. The zero-order valence-corrected chi connectivity index (χ0v) is 12.8. The maximum absolute atomic E-state index is 12.2. The van der Waals surface area contributed by atoms with E-state index in [0.29, 0.717) is 5.92 Å². The Kier molecular flexibility index (Phi) is 6.85. The smallest absolute Gasteiger partial charge is 0.246 e. The third-order valence-electron chi connectivity index (χ3n) is 3.68. The molecule has 0 aliphatic rings. The van der Waals surface area contributed by atoms with Crippen LogP contribution in [0.15, 0.2) is 30.3 Å². The Labute approximate surface area is 122 Å². The van der Waals surface area contributed by atoms with Gasteiger partial charge in [0.15, 0.2) is 0 Å². The normalized spacial score (nSPS) is 11.2. The molecule has 0 atom stereocenters. The van der Waals surface area contributed by atoms with E-state index in [2.05, 4.69) is 13.8 Å². The van der Waals surface area contributed by atoms with Crippen LogP contribution in [0, 0.1) is 5.92 Å². The zero-order chi connectivity index (χ0) is 15.0. The molecule has 0 heterocycles. The molecule has 0 aliphatic carbocycles. The summed E-state index contributed by atoms with van der Waals surface area (Å²) in [6, 6.07) is 7.50. The number of hydrogen-bond acceptors (Lipinski definition) is 2. The quantitative estimate of drug-likeness (QED) is 0.610. The predicted molar refractivity (Wildman–Crippen MR) is 86.2 cm³/mol. The molecule has 110 valence electrons. The van der Waals surface area contributed by atoms with Gasteiger partial charge in [-0.2, -0.15) is 0 Å². The lowest BCUT2D eigenvalue weighted by molar-refractivity contribution is -0.126. The maximum Gasteiger partial charge on any atom is 0.246 e. The number of likely N-dealkylation sites (N-methyl/N-ethyl adjacent to an activating group) is 1. The molecule has 0 spiro atoms. The minimum Gasteiger partial charge on any atom is -0.399 e. The van der Waals surface area contributed by atoms with E-state index in [1.165, 1.54) is 0 Å². The molecule has 0 radical (unpaired) electrons. The molecule has 20 heavy (non-hydrogen) atoms. The van der Waals surface area contributed by atoms with Gasteiger partial charge in [0.2, 0.25) is 5.91 Å². The molecule has 1 rings (SSSR count). The van der Waals surface area contributed by atoms with Crippen molar-refractivity contribution in [2.75, 3.05) is 18.8 Å². The zero-order valence-electron chi connectivity index (χ0n) is 12.8. The monoisotopic (exact) mass is 274 g/mol. The Bertz CT molecular complexity index is 433. The van der Waals surface area contributed by atoms with E-state index in [9.17, 15) is 4.79 Å². The summed E-state index contributed by atoms with van der Waals surface area (Å²) in [7, 11) is 0. The van der Waals surface area contributed by atoms with Gasteiger partial charge in [-0.25, -0.2) is 0 Å². The summed E-state index contributed by atoms with van der Waals surface area (Å²) in [5.74, 6) is 0.667. The molecule has 1 aromatic carbocycles. The average molecular weight is 274 g/mol. The molecule has 0 unspecified atom stereocenters. The summed E-state index contributed by atoms with van der Waals surface area (Å²) in [6.07, 6.45) is 5.72. The molecule has 2 N–H and O–H groups in total. The van der Waals surface area contributed by atoms with Crippen molar-refractivity contribution in [3.63, 3.8) is 0 Å². The lowest BCUT2D eigenvalue weighted by Crippen LogP contribution is -2.33. The van der Waals surface area contributed by atoms with Gasteiger partial charge in [0.05, 0.1) is 0 Å². The minimum absolute atomic E-state index is 0.0798. The highest BCUT2D eigenvalue weighted by Gasteiger charge is 2.13. The summed E-state index contributed by atoms with van der Waals surface area (Å²) in [4.78, 5) is 14.1. The van der Waals surface area contributed by atoms with E-state index in [1.807, 2.05) is 42.2 Å². The van der Waals surface area contributed by atoms with Gasteiger partial charge >= 0.3 is 0 Å². The average Bonchev–Trinajstić information content (AvgIpc) is 2.48. The van der Waals surface area contributed by atoms with Crippen LogP contribution in [-0.2, 0) is 4.79 Å². The topological polar surface area (TPSA) is 46.3 Å². The first-order valence-corrected chi connectivity index (χ1v) is 7.43. The number of hydrogen-bond donors (Lipinski definition) is 1. The van der Waals surface area contributed by atoms with Crippen LogP contribution in [0.5, 0.6) is 0 Å². The van der Waals surface area contributed by atoms with Crippen molar-refractivity contribution in [3.8, 4) is 0 Å². The van der Waals surface area contributed by atoms with Crippen molar-refractivity contribution in [2.45, 2.75) is 33.6 Å². The molecule has 0 saturated heterocycles. The van der Waals surface area contributed by atoms with Crippen molar-refractivity contribution in [1.29, 1.82) is 0 Å². The van der Waals surface area contributed by atoms with E-state index in [1.54, 1.807) is 6.08 Å². The summed E-state index contributed by atoms with van der Waals surface area (Å²) in [5, 5.41) is 0. The van der Waals surface area contributed by atoms with Gasteiger partial charge in [0.1, 0.15) is 0 Å². The molecule has 0 aromatic heterocycles. The second-order valence-corrected chi connectivity index (χ2v) is 5.06. The molecule has 3 heteroatoms. The van der Waals surface area contributed by atoms with Crippen LogP contribution in [0.4, 0.5) is 5.69 Å². The fourth-order valence-corrected chi connectivity index (χ4v) is 2.11. The second kappa shape index (κ2) is 8.41. The first-order chi connectivity index (χ1) is 9.60. The van der Waals surface area contributed by atoms with Gasteiger partial charge in [0, 0.05) is 24.9 Å². The molecule has 1 aromatic rings. The van der Waals surface area contributed by atoms with Crippen molar-refractivity contribution in [2.24, 2.45) is 5.92 Å². The Morgan fingerprint density at radius 3 is 2.30 bits per heavy atom. The highest BCUT2D eigenvalue weighted by atomic mass is 16.2. The van der Waals surface area contributed by atoms with Crippen molar-refractivity contribution in [1.82, 2.24) is 4.90 Å². The largest absolute Gasteiger partial charge is 0.399 e. The predicted octanol–water partition coefficient (Wildman–Crippen LogP) is 3.57. The van der Waals surface area contributed by atoms with Crippen LogP contribution in [0.3, 0.4) is 0 Å². The van der Waals surface area contributed by atoms with E-state index >= 15 is 0 Å². The van der Waals surface area contributed by atoms with Gasteiger partial charge < -0.3 is 10.6 Å². The fraction of sp³-hybridized carbons (Fsp3) is 0.471. The van der Waals surface area contributed by atoms with Crippen LogP contribution in [0.1, 0.15) is 39.2 Å². The number of anilines is 1.